The Morgan fingerprint density at radius 2 is 1.83 bits per heavy atom. The van der Waals surface area contributed by atoms with Crippen LogP contribution in [0.4, 0.5) is 0 Å². The van der Waals surface area contributed by atoms with E-state index in [-0.39, 0.29) is 35.6 Å². The maximum absolute atomic E-state index is 13.6. The van der Waals surface area contributed by atoms with Crippen molar-refractivity contribution < 1.29 is 14.4 Å². The van der Waals surface area contributed by atoms with E-state index in [1.165, 1.54) is 6.92 Å². The quantitative estimate of drug-likeness (QED) is 0.550. The van der Waals surface area contributed by atoms with Crippen LogP contribution in [0.1, 0.15) is 55.5 Å². The second-order valence-electron chi connectivity index (χ2n) is 10.1. The molecule has 2 aromatic heterocycles. The van der Waals surface area contributed by atoms with Crippen molar-refractivity contribution in [3.05, 3.63) is 41.6 Å². The normalized spacial score (nSPS) is 22.8. The van der Waals surface area contributed by atoms with Crippen molar-refractivity contribution in [3.8, 4) is 11.1 Å². The highest BCUT2D eigenvalue weighted by Crippen LogP contribution is 2.59. The standard InChI is InChI=1S/C26H30N6O3/c1-6-27-25(35)20-9-26(5)10-21(26)32(20)22(34)13-31-24-14(2)7-17(18-11-28-16(4)29-12-18)8-19(24)23(30-31)15(3)33/h7-8,11-12,20-21H,6,9-10,13H2,1-5H3,(H,27,35)/t20-,21+,26-/m0/s1. The average molecular weight is 475 g/mol. The summed E-state index contributed by atoms with van der Waals surface area (Å²) >= 11 is 0. The summed E-state index contributed by atoms with van der Waals surface area (Å²) < 4.78 is 1.62. The van der Waals surface area contributed by atoms with Crippen molar-refractivity contribution >= 4 is 28.5 Å². The molecule has 0 radical (unpaired) electrons. The maximum atomic E-state index is 13.6. The van der Waals surface area contributed by atoms with Gasteiger partial charge in [-0.2, -0.15) is 5.10 Å². The van der Waals surface area contributed by atoms with Gasteiger partial charge in [0.1, 0.15) is 24.1 Å². The Hall–Kier alpha value is -3.62. The third-order valence-electron chi connectivity index (χ3n) is 7.34. The Morgan fingerprint density at radius 1 is 1.11 bits per heavy atom. The van der Waals surface area contributed by atoms with Crippen LogP contribution < -0.4 is 5.32 Å². The Labute approximate surface area is 203 Å². The number of aromatic nitrogens is 4. The van der Waals surface area contributed by atoms with Gasteiger partial charge < -0.3 is 10.2 Å². The number of ketones is 1. The first-order valence-corrected chi connectivity index (χ1v) is 12.0. The second-order valence-corrected chi connectivity index (χ2v) is 10.1. The first-order chi connectivity index (χ1) is 16.6. The molecule has 3 atom stereocenters. The van der Waals surface area contributed by atoms with Gasteiger partial charge in [-0.25, -0.2) is 9.97 Å². The number of rotatable bonds is 6. The van der Waals surface area contributed by atoms with E-state index in [4.69, 9.17) is 0 Å². The number of piperidine rings is 1. The van der Waals surface area contributed by atoms with Crippen LogP contribution in [0, 0.1) is 19.3 Å². The van der Waals surface area contributed by atoms with E-state index in [9.17, 15) is 14.4 Å². The molecule has 3 heterocycles. The van der Waals surface area contributed by atoms with Gasteiger partial charge in [0.2, 0.25) is 11.8 Å². The van der Waals surface area contributed by atoms with Crippen LogP contribution in [-0.4, -0.2) is 60.9 Å². The van der Waals surface area contributed by atoms with E-state index in [2.05, 4.69) is 27.3 Å². The lowest BCUT2D eigenvalue weighted by molar-refractivity contribution is -0.140. The van der Waals surface area contributed by atoms with Gasteiger partial charge in [0.25, 0.3) is 0 Å². The molecule has 9 nitrogen and oxygen atoms in total. The third-order valence-corrected chi connectivity index (χ3v) is 7.34. The van der Waals surface area contributed by atoms with Crippen LogP contribution in [0.25, 0.3) is 22.0 Å². The van der Waals surface area contributed by atoms with Crippen LogP contribution in [0.3, 0.4) is 0 Å². The molecule has 0 bridgehead atoms. The predicted molar refractivity (Wildman–Crippen MR) is 131 cm³/mol. The molecule has 2 amide bonds. The van der Waals surface area contributed by atoms with Crippen LogP contribution in [0.15, 0.2) is 24.5 Å². The van der Waals surface area contributed by atoms with Gasteiger partial charge in [0, 0.05) is 42.9 Å². The van der Waals surface area contributed by atoms with Gasteiger partial charge >= 0.3 is 0 Å². The van der Waals surface area contributed by atoms with E-state index in [0.717, 1.165) is 28.6 Å². The monoisotopic (exact) mass is 474 g/mol. The lowest BCUT2D eigenvalue weighted by atomic mass is 10.0. The topological polar surface area (TPSA) is 110 Å². The number of nitrogens with zero attached hydrogens (tertiary/aromatic N) is 5. The van der Waals surface area contributed by atoms with Crippen molar-refractivity contribution in [2.45, 2.75) is 66.1 Å². The summed E-state index contributed by atoms with van der Waals surface area (Å²) in [4.78, 5) is 49.0. The zero-order valence-corrected chi connectivity index (χ0v) is 20.8. The lowest BCUT2D eigenvalue weighted by Gasteiger charge is -2.26. The summed E-state index contributed by atoms with van der Waals surface area (Å²) in [5.41, 5.74) is 3.69. The van der Waals surface area contributed by atoms with Crippen LogP contribution in [0.5, 0.6) is 0 Å². The van der Waals surface area contributed by atoms with Gasteiger partial charge in [0.05, 0.1) is 5.52 Å². The molecule has 1 saturated carbocycles. The SMILES string of the molecule is CCNC(=O)[C@@H]1C[C@@]2(C)C[C@H]2N1C(=O)Cn1nc(C(C)=O)c2cc(-c3cnc(C)nc3)cc(C)c21. The molecular weight excluding hydrogens is 444 g/mol. The molecule has 1 saturated heterocycles. The molecule has 35 heavy (non-hydrogen) atoms. The van der Waals surface area contributed by atoms with E-state index in [0.29, 0.717) is 29.9 Å². The van der Waals surface area contributed by atoms with Gasteiger partial charge in [-0.1, -0.05) is 6.92 Å². The second kappa shape index (κ2) is 8.25. The molecule has 2 fully saturated rings. The van der Waals surface area contributed by atoms with Crippen molar-refractivity contribution in [2.24, 2.45) is 5.41 Å². The number of Topliss-reactive ketones (excluding diaryl/α,β-unsaturated/α-hetero) is 1. The molecular formula is C26H30N6O3. The summed E-state index contributed by atoms with van der Waals surface area (Å²) in [6.45, 7) is 9.76. The average Bonchev–Trinajstić information content (AvgIpc) is 3.16. The Kier molecular flexibility index (Phi) is 5.45. The molecule has 3 aromatic rings. The minimum absolute atomic E-state index is 0.00304. The summed E-state index contributed by atoms with van der Waals surface area (Å²) in [6.07, 6.45) is 5.10. The zero-order chi connectivity index (χ0) is 25.1. The fourth-order valence-corrected chi connectivity index (χ4v) is 5.47. The maximum Gasteiger partial charge on any atom is 0.245 e. The molecule has 0 unspecified atom stereocenters. The van der Waals surface area contributed by atoms with Gasteiger partial charge in [-0.3, -0.25) is 19.1 Å². The lowest BCUT2D eigenvalue weighted by Crippen LogP contribution is -2.48. The summed E-state index contributed by atoms with van der Waals surface area (Å²) in [5, 5.41) is 8.12. The molecule has 1 N–H and O–H groups in total. The van der Waals surface area contributed by atoms with Crippen molar-refractivity contribution in [1.29, 1.82) is 0 Å². The smallest absolute Gasteiger partial charge is 0.245 e. The van der Waals surface area contributed by atoms with Crippen LogP contribution in [-0.2, 0) is 16.1 Å². The minimum atomic E-state index is -0.463. The van der Waals surface area contributed by atoms with Gasteiger partial charge in [0.15, 0.2) is 5.78 Å². The number of aryl methyl sites for hydroxylation is 2. The number of amides is 2. The van der Waals surface area contributed by atoms with Crippen molar-refractivity contribution in [3.63, 3.8) is 0 Å². The summed E-state index contributed by atoms with van der Waals surface area (Å²) in [5.74, 6) is 0.253. The summed E-state index contributed by atoms with van der Waals surface area (Å²) in [6, 6.07) is 3.51. The van der Waals surface area contributed by atoms with E-state index < -0.39 is 6.04 Å². The Bertz CT molecular complexity index is 1360. The van der Waals surface area contributed by atoms with Gasteiger partial charge in [-0.05, 0) is 62.3 Å². The van der Waals surface area contributed by atoms with E-state index in [1.807, 2.05) is 32.9 Å². The molecule has 1 aliphatic carbocycles. The number of nitrogens with one attached hydrogen (secondary N) is 1. The summed E-state index contributed by atoms with van der Waals surface area (Å²) in [7, 11) is 0. The molecule has 2 aliphatic rings. The molecule has 5 rings (SSSR count). The number of likely N-dealkylation sites (tertiary alicyclic amines) is 1. The fraction of sp³-hybridized carbons (Fsp3) is 0.462. The molecule has 0 spiro atoms. The zero-order valence-electron chi connectivity index (χ0n) is 20.8. The van der Waals surface area contributed by atoms with E-state index >= 15 is 0 Å². The van der Waals surface area contributed by atoms with Crippen LogP contribution in [0.2, 0.25) is 0 Å². The third kappa shape index (κ3) is 3.88. The molecule has 1 aliphatic heterocycles. The van der Waals surface area contributed by atoms with E-state index in [1.54, 1.807) is 22.0 Å². The van der Waals surface area contributed by atoms with Crippen molar-refractivity contribution in [1.82, 2.24) is 30.0 Å². The number of benzene rings is 1. The fourth-order valence-electron chi connectivity index (χ4n) is 5.47. The molecule has 182 valence electrons. The predicted octanol–water partition coefficient (Wildman–Crippen LogP) is 2.83. The first-order valence-electron chi connectivity index (χ1n) is 12.0. The van der Waals surface area contributed by atoms with Crippen LogP contribution >= 0.6 is 0 Å². The largest absolute Gasteiger partial charge is 0.355 e. The Balaban J connectivity index is 1.52. The molecule has 1 aromatic carbocycles. The van der Waals surface area contributed by atoms with Gasteiger partial charge in [-0.15, -0.1) is 0 Å². The highest BCUT2D eigenvalue weighted by Gasteiger charge is 2.64. The highest BCUT2D eigenvalue weighted by molar-refractivity contribution is 6.07. The van der Waals surface area contributed by atoms with Crippen molar-refractivity contribution in [2.75, 3.05) is 6.54 Å². The number of hydrogen-bond acceptors (Lipinski definition) is 6. The number of likely N-dealkylation sites (N-methyl/N-ethyl adjacent to an activating group) is 1. The number of fused-ring (bicyclic) bond motifs is 2. The molecule has 9 heteroatoms. The number of carbonyl (C=O) groups is 3. The minimum Gasteiger partial charge on any atom is -0.355 e. The Morgan fingerprint density at radius 3 is 2.49 bits per heavy atom. The first kappa shape index (κ1) is 23.1. The number of carbonyl (C=O) groups excluding carboxylic acids is 3. The highest BCUT2D eigenvalue weighted by atomic mass is 16.2. The number of hydrogen-bond donors (Lipinski definition) is 1.